The molecule has 4 atom stereocenters. The maximum Gasteiger partial charge on any atom is 0.157 e. The lowest BCUT2D eigenvalue weighted by atomic mass is 9.90. The Balaban J connectivity index is 1.69. The van der Waals surface area contributed by atoms with Gasteiger partial charge in [-0.3, -0.25) is 0 Å². The summed E-state index contributed by atoms with van der Waals surface area (Å²) in [4.78, 5) is 0. The Bertz CT molecular complexity index is 248. The van der Waals surface area contributed by atoms with Crippen molar-refractivity contribution in [3.63, 3.8) is 0 Å². The Morgan fingerprint density at radius 3 is 2.84 bits per heavy atom. The number of ether oxygens (including phenoxy) is 5. The highest BCUT2D eigenvalue weighted by atomic mass is 16.7. The van der Waals surface area contributed by atoms with E-state index in [0.717, 1.165) is 19.4 Å². The molecule has 0 amide bonds. The highest BCUT2D eigenvalue weighted by Gasteiger charge is 2.41. The second-order valence-electron chi connectivity index (χ2n) is 5.18. The van der Waals surface area contributed by atoms with Gasteiger partial charge in [0.15, 0.2) is 6.29 Å². The zero-order valence-corrected chi connectivity index (χ0v) is 12.0. The van der Waals surface area contributed by atoms with Crippen molar-refractivity contribution < 1.29 is 23.7 Å². The van der Waals surface area contributed by atoms with Crippen LogP contribution in [0, 0.1) is 11.8 Å². The van der Waals surface area contributed by atoms with Gasteiger partial charge < -0.3 is 23.7 Å². The number of rotatable bonds is 8. The van der Waals surface area contributed by atoms with E-state index in [1.54, 1.807) is 7.11 Å². The zero-order chi connectivity index (χ0) is 13.5. The van der Waals surface area contributed by atoms with E-state index in [2.05, 4.69) is 0 Å². The lowest BCUT2D eigenvalue weighted by Crippen LogP contribution is -2.37. The molecule has 0 N–H and O–H groups in total. The highest BCUT2D eigenvalue weighted by Crippen LogP contribution is 2.41. The maximum absolute atomic E-state index is 5.86. The number of fused-ring (bicyclic) bond motifs is 1. The van der Waals surface area contributed by atoms with Crippen LogP contribution in [0.25, 0.3) is 0 Å². The van der Waals surface area contributed by atoms with Crippen molar-refractivity contribution in [2.45, 2.75) is 38.6 Å². The molecule has 5 nitrogen and oxygen atoms in total. The summed E-state index contributed by atoms with van der Waals surface area (Å²) in [6.45, 7) is 5.06. The molecule has 0 spiro atoms. The first-order valence-electron chi connectivity index (χ1n) is 7.26. The predicted molar refractivity (Wildman–Crippen MR) is 69.8 cm³/mol. The molecule has 0 aromatic carbocycles. The standard InChI is InChI=1S/C14H26O5/c1-3-17-14-8-12-11(9-18-14)4-5-13(12)19-10-16-7-6-15-2/h11-14H,3-10H2,1-2H3/t11-,12+,13-,14?/m1/s1. The summed E-state index contributed by atoms with van der Waals surface area (Å²) in [6, 6.07) is 0. The lowest BCUT2D eigenvalue weighted by molar-refractivity contribution is -0.199. The van der Waals surface area contributed by atoms with Crippen molar-refractivity contribution in [2.75, 3.05) is 40.3 Å². The molecule has 19 heavy (non-hydrogen) atoms. The van der Waals surface area contributed by atoms with Crippen LogP contribution in [0.1, 0.15) is 26.2 Å². The Hall–Kier alpha value is -0.200. The van der Waals surface area contributed by atoms with E-state index < -0.39 is 0 Å². The van der Waals surface area contributed by atoms with Gasteiger partial charge in [-0.05, 0) is 31.6 Å². The smallest absolute Gasteiger partial charge is 0.157 e. The summed E-state index contributed by atoms with van der Waals surface area (Å²) in [7, 11) is 1.67. The first kappa shape index (κ1) is 15.2. The fourth-order valence-electron chi connectivity index (χ4n) is 3.03. The monoisotopic (exact) mass is 274 g/mol. The van der Waals surface area contributed by atoms with E-state index >= 15 is 0 Å². The SMILES string of the molecule is CCOC1C[C@H]2[C@H](CC[C@H]2OCOCCOC)CO1. The molecule has 0 aromatic rings. The summed E-state index contributed by atoms with van der Waals surface area (Å²) in [5, 5.41) is 0. The second-order valence-corrected chi connectivity index (χ2v) is 5.18. The van der Waals surface area contributed by atoms with E-state index in [4.69, 9.17) is 23.7 Å². The molecular weight excluding hydrogens is 248 g/mol. The summed E-state index contributed by atoms with van der Waals surface area (Å²) >= 11 is 0. The quantitative estimate of drug-likeness (QED) is 0.499. The van der Waals surface area contributed by atoms with Gasteiger partial charge in [-0.1, -0.05) is 0 Å². The van der Waals surface area contributed by atoms with Crippen LogP contribution in [-0.4, -0.2) is 52.7 Å². The second kappa shape index (κ2) is 8.17. The van der Waals surface area contributed by atoms with Crippen LogP contribution >= 0.6 is 0 Å². The van der Waals surface area contributed by atoms with E-state index in [-0.39, 0.29) is 6.29 Å². The van der Waals surface area contributed by atoms with Gasteiger partial charge in [-0.2, -0.15) is 0 Å². The summed E-state index contributed by atoms with van der Waals surface area (Å²) in [6.07, 6.45) is 3.47. The average Bonchev–Trinajstić information content (AvgIpc) is 2.82. The van der Waals surface area contributed by atoms with Crippen molar-refractivity contribution in [3.05, 3.63) is 0 Å². The lowest BCUT2D eigenvalue weighted by Gasteiger charge is -2.34. The number of methoxy groups -OCH3 is 1. The molecule has 1 unspecified atom stereocenters. The normalized spacial score (nSPS) is 34.4. The third kappa shape index (κ3) is 4.39. The van der Waals surface area contributed by atoms with Crippen LogP contribution in [0.2, 0.25) is 0 Å². The van der Waals surface area contributed by atoms with E-state index in [9.17, 15) is 0 Å². The van der Waals surface area contributed by atoms with Gasteiger partial charge in [0.25, 0.3) is 0 Å². The van der Waals surface area contributed by atoms with Gasteiger partial charge >= 0.3 is 0 Å². The zero-order valence-electron chi connectivity index (χ0n) is 12.0. The van der Waals surface area contributed by atoms with Crippen LogP contribution in [0.15, 0.2) is 0 Å². The number of hydrogen-bond donors (Lipinski definition) is 0. The summed E-state index contributed by atoms with van der Waals surface area (Å²) in [5.74, 6) is 1.18. The van der Waals surface area contributed by atoms with Crippen LogP contribution in [0.3, 0.4) is 0 Å². The van der Waals surface area contributed by atoms with Crippen molar-refractivity contribution >= 4 is 0 Å². The minimum Gasteiger partial charge on any atom is -0.382 e. The van der Waals surface area contributed by atoms with Crippen LogP contribution in [0.5, 0.6) is 0 Å². The van der Waals surface area contributed by atoms with E-state index in [1.165, 1.54) is 6.42 Å². The van der Waals surface area contributed by atoms with Crippen LogP contribution in [-0.2, 0) is 23.7 Å². The third-order valence-corrected chi connectivity index (χ3v) is 4.02. The molecule has 112 valence electrons. The van der Waals surface area contributed by atoms with Crippen LogP contribution in [0.4, 0.5) is 0 Å². The first-order chi connectivity index (χ1) is 9.35. The molecule has 1 aliphatic carbocycles. The Morgan fingerprint density at radius 1 is 1.16 bits per heavy atom. The molecule has 2 rings (SSSR count). The van der Waals surface area contributed by atoms with E-state index in [0.29, 0.717) is 44.6 Å². The van der Waals surface area contributed by atoms with Crippen molar-refractivity contribution in [1.82, 2.24) is 0 Å². The van der Waals surface area contributed by atoms with Crippen molar-refractivity contribution in [2.24, 2.45) is 11.8 Å². The molecule has 1 aliphatic heterocycles. The fraction of sp³-hybridized carbons (Fsp3) is 1.00. The van der Waals surface area contributed by atoms with Crippen LogP contribution < -0.4 is 0 Å². The maximum atomic E-state index is 5.86. The Morgan fingerprint density at radius 2 is 2.05 bits per heavy atom. The van der Waals surface area contributed by atoms with Gasteiger partial charge in [-0.25, -0.2) is 0 Å². The molecule has 0 aromatic heterocycles. The average molecular weight is 274 g/mol. The molecule has 1 heterocycles. The minimum atomic E-state index is -0.0511. The Kier molecular flexibility index (Phi) is 6.53. The predicted octanol–water partition coefficient (Wildman–Crippen LogP) is 1.80. The first-order valence-corrected chi connectivity index (χ1v) is 7.26. The number of hydrogen-bond acceptors (Lipinski definition) is 5. The molecule has 5 heteroatoms. The highest BCUT2D eigenvalue weighted by molar-refractivity contribution is 4.88. The molecule has 1 saturated heterocycles. The van der Waals surface area contributed by atoms with Gasteiger partial charge in [0, 0.05) is 20.1 Å². The van der Waals surface area contributed by atoms with Gasteiger partial charge in [0.1, 0.15) is 6.79 Å². The molecule has 0 bridgehead atoms. The Labute approximate surface area is 115 Å². The molecule has 2 aliphatic rings. The molecule has 2 fully saturated rings. The summed E-state index contributed by atoms with van der Waals surface area (Å²) in [5.41, 5.74) is 0. The van der Waals surface area contributed by atoms with Crippen molar-refractivity contribution in [3.8, 4) is 0 Å². The fourth-order valence-corrected chi connectivity index (χ4v) is 3.03. The minimum absolute atomic E-state index is 0.0511. The molecular formula is C14H26O5. The van der Waals surface area contributed by atoms with Gasteiger partial charge in [0.05, 0.1) is 25.9 Å². The molecule has 0 radical (unpaired) electrons. The van der Waals surface area contributed by atoms with E-state index in [1.807, 2.05) is 6.92 Å². The van der Waals surface area contributed by atoms with Gasteiger partial charge in [-0.15, -0.1) is 0 Å². The summed E-state index contributed by atoms with van der Waals surface area (Å²) < 4.78 is 27.4. The third-order valence-electron chi connectivity index (χ3n) is 4.02. The van der Waals surface area contributed by atoms with Gasteiger partial charge in [0.2, 0.25) is 0 Å². The molecule has 1 saturated carbocycles. The van der Waals surface area contributed by atoms with Crippen molar-refractivity contribution in [1.29, 1.82) is 0 Å². The topological polar surface area (TPSA) is 46.2 Å². The largest absolute Gasteiger partial charge is 0.382 e.